The number of halogens is 1. The second kappa shape index (κ2) is 7.28. The molecule has 0 saturated carbocycles. The van der Waals surface area contributed by atoms with E-state index < -0.39 is 5.91 Å². The molecule has 1 saturated heterocycles. The zero-order chi connectivity index (χ0) is 18.8. The maximum atomic E-state index is 13.7. The number of nitrogens with zero attached hydrogens (tertiary/aromatic N) is 2. The van der Waals surface area contributed by atoms with Gasteiger partial charge in [0.05, 0.1) is 11.1 Å². The van der Waals surface area contributed by atoms with Crippen LogP contribution in [-0.2, 0) is 0 Å². The van der Waals surface area contributed by atoms with E-state index in [1.54, 1.807) is 24.3 Å². The standard InChI is InChI=1S/C20H20FN5O/c21-13-4-1-3-12(9-13)14-7-8-23-10-17(14)26-20-16-6-2-5-15(19(22)27)18(16)24-11-25-20/h1-6,9,11,14,17,23H,7-8,10H2,(H2,22,27)(H,24,25,26). The number of fused-ring (bicyclic) bond motifs is 1. The van der Waals surface area contributed by atoms with Gasteiger partial charge in [-0.3, -0.25) is 4.79 Å². The van der Waals surface area contributed by atoms with Gasteiger partial charge in [-0.25, -0.2) is 14.4 Å². The summed E-state index contributed by atoms with van der Waals surface area (Å²) in [7, 11) is 0. The van der Waals surface area contributed by atoms with Gasteiger partial charge < -0.3 is 16.4 Å². The molecule has 6 nitrogen and oxygen atoms in total. The molecule has 1 aliphatic rings. The van der Waals surface area contributed by atoms with Crippen LogP contribution >= 0.6 is 0 Å². The van der Waals surface area contributed by atoms with Crippen LogP contribution in [0.5, 0.6) is 0 Å². The number of rotatable bonds is 4. The molecule has 2 heterocycles. The number of nitrogens with one attached hydrogen (secondary N) is 2. The van der Waals surface area contributed by atoms with Gasteiger partial charge in [-0.2, -0.15) is 0 Å². The fourth-order valence-electron chi connectivity index (χ4n) is 3.72. The maximum Gasteiger partial charge on any atom is 0.250 e. The molecule has 7 heteroatoms. The molecule has 2 atom stereocenters. The molecule has 2 aromatic carbocycles. The van der Waals surface area contributed by atoms with Crippen molar-refractivity contribution < 1.29 is 9.18 Å². The maximum absolute atomic E-state index is 13.7. The van der Waals surface area contributed by atoms with Crippen molar-refractivity contribution in [2.45, 2.75) is 18.4 Å². The number of carbonyl (C=O) groups excluding carboxylic acids is 1. The van der Waals surface area contributed by atoms with Crippen LogP contribution in [0.15, 0.2) is 48.8 Å². The van der Waals surface area contributed by atoms with Crippen molar-refractivity contribution in [3.05, 3.63) is 65.7 Å². The summed E-state index contributed by atoms with van der Waals surface area (Å²) in [6.07, 6.45) is 2.31. The van der Waals surface area contributed by atoms with Crippen LogP contribution in [0.3, 0.4) is 0 Å². The number of amides is 1. The number of hydrogen-bond acceptors (Lipinski definition) is 5. The highest BCUT2D eigenvalue weighted by Gasteiger charge is 2.27. The van der Waals surface area contributed by atoms with Gasteiger partial charge in [0, 0.05) is 23.9 Å². The minimum absolute atomic E-state index is 0.0240. The topological polar surface area (TPSA) is 92.9 Å². The van der Waals surface area contributed by atoms with Crippen molar-refractivity contribution in [3.63, 3.8) is 0 Å². The summed E-state index contributed by atoms with van der Waals surface area (Å²) in [5, 5.41) is 7.58. The number of benzene rings is 2. The largest absolute Gasteiger partial charge is 0.366 e. The Hall–Kier alpha value is -3.06. The molecule has 0 bridgehead atoms. The summed E-state index contributed by atoms with van der Waals surface area (Å²) in [4.78, 5) is 20.3. The molecule has 4 N–H and O–H groups in total. The van der Waals surface area contributed by atoms with Crippen molar-refractivity contribution in [1.29, 1.82) is 0 Å². The molecular weight excluding hydrogens is 345 g/mol. The summed E-state index contributed by atoms with van der Waals surface area (Å²) < 4.78 is 13.7. The van der Waals surface area contributed by atoms with Crippen molar-refractivity contribution >= 4 is 22.6 Å². The van der Waals surface area contributed by atoms with Crippen LogP contribution in [0.4, 0.5) is 10.2 Å². The molecule has 4 rings (SSSR count). The van der Waals surface area contributed by atoms with Gasteiger partial charge in [0.2, 0.25) is 0 Å². The molecule has 3 aromatic rings. The lowest BCUT2D eigenvalue weighted by Crippen LogP contribution is -2.44. The molecule has 1 aromatic heterocycles. The van der Waals surface area contributed by atoms with E-state index in [1.165, 1.54) is 12.4 Å². The molecule has 0 radical (unpaired) electrons. The minimum Gasteiger partial charge on any atom is -0.366 e. The molecule has 2 unspecified atom stereocenters. The van der Waals surface area contributed by atoms with Crippen LogP contribution in [0, 0.1) is 5.82 Å². The second-order valence-electron chi connectivity index (χ2n) is 6.69. The third kappa shape index (κ3) is 3.46. The molecule has 27 heavy (non-hydrogen) atoms. The Bertz CT molecular complexity index is 993. The number of hydrogen-bond donors (Lipinski definition) is 3. The third-order valence-corrected chi connectivity index (χ3v) is 5.01. The first kappa shape index (κ1) is 17.4. The summed E-state index contributed by atoms with van der Waals surface area (Å²) >= 11 is 0. The molecule has 1 amide bonds. The van der Waals surface area contributed by atoms with E-state index >= 15 is 0 Å². The highest BCUT2D eigenvalue weighted by molar-refractivity contribution is 6.06. The van der Waals surface area contributed by atoms with Gasteiger partial charge in [-0.1, -0.05) is 18.2 Å². The summed E-state index contributed by atoms with van der Waals surface area (Å²) in [6, 6.07) is 12.0. The van der Waals surface area contributed by atoms with Crippen LogP contribution in [-0.4, -0.2) is 35.0 Å². The van der Waals surface area contributed by atoms with Crippen molar-refractivity contribution in [1.82, 2.24) is 15.3 Å². The van der Waals surface area contributed by atoms with Gasteiger partial charge in [-0.05, 0) is 42.8 Å². The summed E-state index contributed by atoms with van der Waals surface area (Å²) in [5.41, 5.74) is 7.31. The average molecular weight is 365 g/mol. The first-order valence-corrected chi connectivity index (χ1v) is 8.90. The highest BCUT2D eigenvalue weighted by Crippen LogP contribution is 2.30. The van der Waals surface area contributed by atoms with Crippen LogP contribution in [0.2, 0.25) is 0 Å². The zero-order valence-electron chi connectivity index (χ0n) is 14.7. The number of nitrogens with two attached hydrogens (primary N) is 1. The molecule has 0 aliphatic carbocycles. The normalized spacial score (nSPS) is 19.7. The van der Waals surface area contributed by atoms with Gasteiger partial charge in [-0.15, -0.1) is 0 Å². The van der Waals surface area contributed by atoms with Gasteiger partial charge >= 0.3 is 0 Å². The number of aromatic nitrogens is 2. The van der Waals surface area contributed by atoms with Crippen molar-refractivity contribution in [3.8, 4) is 0 Å². The van der Waals surface area contributed by atoms with E-state index in [1.807, 2.05) is 12.1 Å². The third-order valence-electron chi connectivity index (χ3n) is 5.01. The number of para-hydroxylation sites is 1. The molecule has 1 aliphatic heterocycles. The van der Waals surface area contributed by atoms with E-state index in [0.29, 0.717) is 16.9 Å². The zero-order valence-corrected chi connectivity index (χ0v) is 14.7. The Morgan fingerprint density at radius 1 is 1.22 bits per heavy atom. The van der Waals surface area contributed by atoms with Gasteiger partial charge in [0.15, 0.2) is 0 Å². The lowest BCUT2D eigenvalue weighted by Gasteiger charge is -2.33. The first-order valence-electron chi connectivity index (χ1n) is 8.90. The molecule has 1 fully saturated rings. The Kier molecular flexibility index (Phi) is 4.68. The Balaban J connectivity index is 1.70. The van der Waals surface area contributed by atoms with E-state index in [0.717, 1.165) is 30.5 Å². The fourth-order valence-corrected chi connectivity index (χ4v) is 3.72. The van der Waals surface area contributed by atoms with Crippen molar-refractivity contribution in [2.24, 2.45) is 5.73 Å². The fraction of sp³-hybridized carbons (Fsp3) is 0.250. The number of anilines is 1. The predicted octanol–water partition coefficient (Wildman–Crippen LogP) is 2.43. The van der Waals surface area contributed by atoms with E-state index in [-0.39, 0.29) is 17.8 Å². The average Bonchev–Trinajstić information content (AvgIpc) is 2.68. The molecular formula is C20H20FN5O. The highest BCUT2D eigenvalue weighted by atomic mass is 19.1. The van der Waals surface area contributed by atoms with E-state index in [2.05, 4.69) is 20.6 Å². The smallest absolute Gasteiger partial charge is 0.250 e. The van der Waals surface area contributed by atoms with E-state index in [9.17, 15) is 9.18 Å². The number of piperidine rings is 1. The molecule has 0 spiro atoms. The Morgan fingerprint density at radius 3 is 2.89 bits per heavy atom. The van der Waals surface area contributed by atoms with Crippen LogP contribution in [0.25, 0.3) is 10.9 Å². The lowest BCUT2D eigenvalue weighted by atomic mass is 9.86. The first-order chi connectivity index (χ1) is 13.1. The van der Waals surface area contributed by atoms with E-state index in [4.69, 9.17) is 5.73 Å². The predicted molar refractivity (Wildman–Crippen MR) is 102 cm³/mol. The lowest BCUT2D eigenvalue weighted by molar-refractivity contribution is 0.100. The SMILES string of the molecule is NC(=O)c1cccc2c(NC3CNCCC3c3cccc(F)c3)ncnc12. The second-order valence-corrected chi connectivity index (χ2v) is 6.69. The van der Waals surface area contributed by atoms with Crippen LogP contribution < -0.4 is 16.4 Å². The summed E-state index contributed by atoms with van der Waals surface area (Å²) in [5.74, 6) is 0.0232. The van der Waals surface area contributed by atoms with Gasteiger partial charge in [0.25, 0.3) is 5.91 Å². The number of carbonyl (C=O) groups is 1. The Labute approximate surface area is 156 Å². The summed E-state index contributed by atoms with van der Waals surface area (Å²) in [6.45, 7) is 1.60. The number of primary amides is 1. The Morgan fingerprint density at radius 2 is 2.07 bits per heavy atom. The quantitative estimate of drug-likeness (QED) is 0.660. The van der Waals surface area contributed by atoms with Crippen LogP contribution in [0.1, 0.15) is 28.3 Å². The monoisotopic (exact) mass is 365 g/mol. The molecule has 138 valence electrons. The minimum atomic E-state index is -0.526. The van der Waals surface area contributed by atoms with Crippen molar-refractivity contribution in [2.75, 3.05) is 18.4 Å². The van der Waals surface area contributed by atoms with Gasteiger partial charge in [0.1, 0.15) is 18.0 Å².